The quantitative estimate of drug-likeness (QED) is 0.769. The van der Waals surface area contributed by atoms with Crippen LogP contribution in [0.4, 0.5) is 4.79 Å². The lowest BCUT2D eigenvalue weighted by atomic mass is 9.53. The van der Waals surface area contributed by atoms with Gasteiger partial charge in [-0.25, -0.2) is 4.79 Å². The third-order valence-electron chi connectivity index (χ3n) is 6.17. The standard InChI is InChI=1S/C16H27N3O/c1-11-10-17-2-3-19(11)15(20)18-16-7-12-4-13(8-16)6-14(5-12)9-16/h11-14,17H,2-10H2,1H3,(H,18,20)/t11-,12?,13?,14?,16?/m0/s1. The highest BCUT2D eigenvalue weighted by molar-refractivity contribution is 5.75. The van der Waals surface area contributed by atoms with Gasteiger partial charge in [0, 0.05) is 31.2 Å². The van der Waals surface area contributed by atoms with Crippen LogP contribution in [0, 0.1) is 17.8 Å². The van der Waals surface area contributed by atoms with Crippen molar-refractivity contribution in [1.29, 1.82) is 0 Å². The molecule has 0 aromatic carbocycles. The highest BCUT2D eigenvalue weighted by Crippen LogP contribution is 2.55. The smallest absolute Gasteiger partial charge is 0.318 e. The van der Waals surface area contributed by atoms with Crippen LogP contribution in [-0.2, 0) is 0 Å². The highest BCUT2D eigenvalue weighted by atomic mass is 16.2. The van der Waals surface area contributed by atoms with Crippen molar-refractivity contribution in [3.05, 3.63) is 0 Å². The first-order valence-corrected chi connectivity index (χ1v) is 8.43. The molecule has 1 saturated heterocycles. The Morgan fingerprint density at radius 1 is 1.15 bits per heavy atom. The minimum absolute atomic E-state index is 0.149. The molecule has 2 amide bonds. The predicted molar refractivity (Wildman–Crippen MR) is 78.5 cm³/mol. The summed E-state index contributed by atoms with van der Waals surface area (Å²) in [6.45, 7) is 4.84. The Bertz CT molecular complexity index is 373. The molecular weight excluding hydrogens is 250 g/mol. The third kappa shape index (κ3) is 2.12. The third-order valence-corrected chi connectivity index (χ3v) is 6.17. The lowest BCUT2D eigenvalue weighted by molar-refractivity contribution is -0.0165. The summed E-state index contributed by atoms with van der Waals surface area (Å²) < 4.78 is 0. The monoisotopic (exact) mass is 277 g/mol. The van der Waals surface area contributed by atoms with Gasteiger partial charge < -0.3 is 15.5 Å². The molecule has 0 aromatic heterocycles. The van der Waals surface area contributed by atoms with E-state index in [4.69, 9.17) is 0 Å². The second-order valence-electron chi connectivity index (χ2n) is 7.87. The number of hydrogen-bond donors (Lipinski definition) is 2. The van der Waals surface area contributed by atoms with Gasteiger partial charge in [0.15, 0.2) is 0 Å². The second kappa shape index (κ2) is 4.62. The molecule has 1 aliphatic heterocycles. The maximum Gasteiger partial charge on any atom is 0.318 e. The number of nitrogens with one attached hydrogen (secondary N) is 2. The van der Waals surface area contributed by atoms with E-state index >= 15 is 0 Å². The lowest BCUT2D eigenvalue weighted by Gasteiger charge is -2.57. The highest BCUT2D eigenvalue weighted by Gasteiger charge is 2.51. The number of hydrogen-bond acceptors (Lipinski definition) is 2. The van der Waals surface area contributed by atoms with E-state index in [0.29, 0.717) is 6.04 Å². The molecule has 0 radical (unpaired) electrons. The van der Waals surface area contributed by atoms with Crippen molar-refractivity contribution in [3.8, 4) is 0 Å². The first kappa shape index (κ1) is 12.9. The molecule has 5 aliphatic rings. The SMILES string of the molecule is C[C@H]1CNCCN1C(=O)NC12CC3CC(CC(C3)C1)C2. The normalized spacial score (nSPS) is 46.5. The van der Waals surface area contributed by atoms with E-state index in [9.17, 15) is 4.79 Å². The van der Waals surface area contributed by atoms with Gasteiger partial charge in [0.25, 0.3) is 0 Å². The molecule has 0 spiro atoms. The zero-order chi connectivity index (χ0) is 13.7. The molecule has 4 nitrogen and oxygen atoms in total. The molecule has 2 N–H and O–H groups in total. The van der Waals surface area contributed by atoms with Crippen LogP contribution in [0.3, 0.4) is 0 Å². The topological polar surface area (TPSA) is 44.4 Å². The Kier molecular flexibility index (Phi) is 2.99. The van der Waals surface area contributed by atoms with Gasteiger partial charge in [0.05, 0.1) is 0 Å². The van der Waals surface area contributed by atoms with Crippen LogP contribution in [0.2, 0.25) is 0 Å². The van der Waals surface area contributed by atoms with E-state index in [0.717, 1.165) is 37.4 Å². The molecule has 1 atom stereocenters. The van der Waals surface area contributed by atoms with E-state index in [1.165, 1.54) is 38.5 Å². The number of urea groups is 1. The van der Waals surface area contributed by atoms with Crippen LogP contribution >= 0.6 is 0 Å². The van der Waals surface area contributed by atoms with Crippen LogP contribution in [0.5, 0.6) is 0 Å². The van der Waals surface area contributed by atoms with Crippen molar-refractivity contribution in [2.75, 3.05) is 19.6 Å². The molecular formula is C16H27N3O. The summed E-state index contributed by atoms with van der Waals surface area (Å²) in [5.41, 5.74) is 0.149. The Hall–Kier alpha value is -0.770. The summed E-state index contributed by atoms with van der Waals surface area (Å²) >= 11 is 0. The van der Waals surface area contributed by atoms with Crippen LogP contribution in [0.1, 0.15) is 45.4 Å². The molecule has 20 heavy (non-hydrogen) atoms. The van der Waals surface area contributed by atoms with Gasteiger partial charge in [-0.15, -0.1) is 0 Å². The first-order valence-electron chi connectivity index (χ1n) is 8.43. The van der Waals surface area contributed by atoms with Crippen molar-refractivity contribution in [2.24, 2.45) is 17.8 Å². The van der Waals surface area contributed by atoms with Gasteiger partial charge in [0.2, 0.25) is 0 Å². The van der Waals surface area contributed by atoms with Crippen molar-refractivity contribution in [2.45, 2.75) is 57.0 Å². The van der Waals surface area contributed by atoms with Gasteiger partial charge in [0.1, 0.15) is 0 Å². The molecule has 0 aromatic rings. The fourth-order valence-corrected chi connectivity index (χ4v) is 5.71. The Balaban J connectivity index is 1.47. The molecule has 4 heteroatoms. The maximum absolute atomic E-state index is 12.7. The van der Waals surface area contributed by atoms with Gasteiger partial charge in [-0.05, 0) is 63.2 Å². The molecule has 4 bridgehead atoms. The average molecular weight is 277 g/mol. The number of rotatable bonds is 1. The fraction of sp³-hybridized carbons (Fsp3) is 0.938. The average Bonchev–Trinajstić information content (AvgIpc) is 2.36. The summed E-state index contributed by atoms with van der Waals surface area (Å²) in [5.74, 6) is 2.67. The minimum atomic E-state index is 0.149. The van der Waals surface area contributed by atoms with E-state index in [1.54, 1.807) is 0 Å². The van der Waals surface area contributed by atoms with Crippen LogP contribution in [0.25, 0.3) is 0 Å². The number of piperazine rings is 1. The number of nitrogens with zero attached hydrogens (tertiary/aromatic N) is 1. The van der Waals surface area contributed by atoms with E-state index in [-0.39, 0.29) is 11.6 Å². The molecule has 112 valence electrons. The van der Waals surface area contributed by atoms with E-state index in [1.807, 2.05) is 4.90 Å². The van der Waals surface area contributed by atoms with E-state index < -0.39 is 0 Å². The van der Waals surface area contributed by atoms with Crippen LogP contribution in [0.15, 0.2) is 0 Å². The summed E-state index contributed by atoms with van der Waals surface area (Å²) in [6.07, 6.45) is 8.01. The predicted octanol–water partition coefficient (Wildman–Crippen LogP) is 1.96. The lowest BCUT2D eigenvalue weighted by Crippen LogP contribution is -2.64. The Morgan fingerprint density at radius 3 is 2.30 bits per heavy atom. The molecule has 4 saturated carbocycles. The zero-order valence-corrected chi connectivity index (χ0v) is 12.5. The van der Waals surface area contributed by atoms with Crippen LogP contribution < -0.4 is 10.6 Å². The minimum Gasteiger partial charge on any atom is -0.333 e. The molecule has 5 fully saturated rings. The van der Waals surface area contributed by atoms with Gasteiger partial charge in [-0.2, -0.15) is 0 Å². The second-order valence-corrected chi connectivity index (χ2v) is 7.87. The van der Waals surface area contributed by atoms with Crippen molar-refractivity contribution >= 4 is 6.03 Å². The first-order chi connectivity index (χ1) is 9.63. The van der Waals surface area contributed by atoms with Crippen molar-refractivity contribution in [1.82, 2.24) is 15.5 Å². The molecule has 0 unspecified atom stereocenters. The molecule has 1 heterocycles. The molecule has 5 rings (SSSR count). The Morgan fingerprint density at radius 2 is 1.75 bits per heavy atom. The van der Waals surface area contributed by atoms with Gasteiger partial charge in [-0.3, -0.25) is 0 Å². The van der Waals surface area contributed by atoms with Gasteiger partial charge in [-0.1, -0.05) is 0 Å². The summed E-state index contributed by atoms with van der Waals surface area (Å²) in [6, 6.07) is 0.513. The largest absolute Gasteiger partial charge is 0.333 e. The number of carbonyl (C=O) groups is 1. The summed E-state index contributed by atoms with van der Waals surface area (Å²) in [5, 5.41) is 6.84. The summed E-state index contributed by atoms with van der Waals surface area (Å²) in [4.78, 5) is 14.7. The van der Waals surface area contributed by atoms with Crippen LogP contribution in [-0.4, -0.2) is 42.1 Å². The molecule has 4 aliphatic carbocycles. The summed E-state index contributed by atoms with van der Waals surface area (Å²) in [7, 11) is 0. The Labute approximate surface area is 121 Å². The number of carbonyl (C=O) groups excluding carboxylic acids is 1. The fourth-order valence-electron chi connectivity index (χ4n) is 5.71. The van der Waals surface area contributed by atoms with Crippen molar-refractivity contribution in [3.63, 3.8) is 0 Å². The zero-order valence-electron chi connectivity index (χ0n) is 12.5. The van der Waals surface area contributed by atoms with Crippen molar-refractivity contribution < 1.29 is 4.79 Å². The van der Waals surface area contributed by atoms with Gasteiger partial charge >= 0.3 is 6.03 Å². The number of amides is 2. The maximum atomic E-state index is 12.7. The van der Waals surface area contributed by atoms with E-state index in [2.05, 4.69) is 17.6 Å².